The Morgan fingerprint density at radius 3 is 1.40 bits per heavy atom. The van der Waals surface area contributed by atoms with Crippen LogP contribution in [0.4, 0.5) is 0 Å². The number of hydrogen-bond acceptors (Lipinski definition) is 3. The van der Waals surface area contributed by atoms with Gasteiger partial charge in [0.15, 0.2) is 0 Å². The van der Waals surface area contributed by atoms with E-state index in [1.54, 1.807) is 0 Å². The molecule has 2 rings (SSSR count). The van der Waals surface area contributed by atoms with Crippen molar-refractivity contribution in [3.8, 4) is 23.7 Å². The first kappa shape index (κ1) is 38.0. The van der Waals surface area contributed by atoms with Crippen molar-refractivity contribution in [1.29, 1.82) is 0 Å². The Morgan fingerprint density at radius 2 is 0.956 bits per heavy atom. The van der Waals surface area contributed by atoms with Crippen LogP contribution in [0.25, 0.3) is 0 Å². The van der Waals surface area contributed by atoms with Crippen LogP contribution >= 0.6 is 0 Å². The molecule has 0 N–H and O–H groups in total. The van der Waals surface area contributed by atoms with Gasteiger partial charge in [0.25, 0.3) is 0 Å². The van der Waals surface area contributed by atoms with Gasteiger partial charge in [-0.25, -0.2) is 0 Å². The average Bonchev–Trinajstić information content (AvgIpc) is 3.08. The second-order valence-corrected chi connectivity index (χ2v) is 12.4. The SMILES string of the molecule is O=C/C(=C/CCCCCC#CCCCCCCCCc1cccnc1)CCCCC#CCCCCCCCCc1cccnc1. The predicted octanol–water partition coefficient (Wildman–Crippen LogP) is 11.4. The monoisotopic (exact) mass is 608 g/mol. The van der Waals surface area contributed by atoms with Gasteiger partial charge in [-0.1, -0.05) is 76.0 Å². The molecule has 2 aromatic rings. The molecule has 0 radical (unpaired) electrons. The van der Waals surface area contributed by atoms with Gasteiger partial charge in [0.2, 0.25) is 0 Å². The molecule has 3 heteroatoms. The molecule has 45 heavy (non-hydrogen) atoms. The maximum Gasteiger partial charge on any atom is 0.145 e. The number of aldehydes is 1. The van der Waals surface area contributed by atoms with Gasteiger partial charge in [-0.05, 0) is 106 Å². The fourth-order valence-electron chi connectivity index (χ4n) is 5.52. The number of carbonyl (C=O) groups excluding carboxylic acids is 1. The molecule has 0 aromatic carbocycles. The minimum absolute atomic E-state index is 0.892. The van der Waals surface area contributed by atoms with Crippen LogP contribution in [0, 0.1) is 23.7 Å². The van der Waals surface area contributed by atoms with E-state index in [1.165, 1.54) is 101 Å². The summed E-state index contributed by atoms with van der Waals surface area (Å²) >= 11 is 0. The van der Waals surface area contributed by atoms with Crippen molar-refractivity contribution in [2.45, 2.75) is 161 Å². The Bertz CT molecular complexity index is 1120. The Hall–Kier alpha value is -3.17. The highest BCUT2D eigenvalue weighted by Gasteiger charge is 1.97. The lowest BCUT2D eigenvalue weighted by Crippen LogP contribution is -1.87. The summed E-state index contributed by atoms with van der Waals surface area (Å²) in [6, 6.07) is 8.39. The van der Waals surface area contributed by atoms with Gasteiger partial charge in [0, 0.05) is 50.5 Å². The molecule has 0 bridgehead atoms. The maximum atomic E-state index is 11.4. The largest absolute Gasteiger partial charge is 0.298 e. The summed E-state index contributed by atoms with van der Waals surface area (Å²) in [5.41, 5.74) is 3.68. The van der Waals surface area contributed by atoms with Crippen LogP contribution in [0.3, 0.4) is 0 Å². The minimum Gasteiger partial charge on any atom is -0.298 e. The highest BCUT2D eigenvalue weighted by Crippen LogP contribution is 2.13. The van der Waals surface area contributed by atoms with Crippen LogP contribution < -0.4 is 0 Å². The van der Waals surface area contributed by atoms with Crippen LogP contribution in [-0.2, 0) is 17.6 Å². The molecule has 0 amide bonds. The molecular formula is C42H60N2O. The van der Waals surface area contributed by atoms with Gasteiger partial charge in [-0.3, -0.25) is 14.8 Å². The summed E-state index contributed by atoms with van der Waals surface area (Å²) in [5.74, 6) is 13.4. The molecule has 0 fully saturated rings. The van der Waals surface area contributed by atoms with Crippen LogP contribution in [0.5, 0.6) is 0 Å². The lowest BCUT2D eigenvalue weighted by molar-refractivity contribution is -0.105. The number of pyridine rings is 2. The summed E-state index contributed by atoms with van der Waals surface area (Å²) in [6.07, 6.45) is 40.2. The van der Waals surface area contributed by atoms with Gasteiger partial charge in [0.05, 0.1) is 0 Å². The normalized spacial score (nSPS) is 11.0. The van der Waals surface area contributed by atoms with Gasteiger partial charge in [-0.15, -0.1) is 23.7 Å². The molecule has 0 aliphatic carbocycles. The molecule has 0 unspecified atom stereocenters. The summed E-state index contributed by atoms with van der Waals surface area (Å²) in [5, 5.41) is 0. The van der Waals surface area contributed by atoms with E-state index in [0.29, 0.717) is 0 Å². The quantitative estimate of drug-likeness (QED) is 0.0462. The van der Waals surface area contributed by atoms with E-state index in [4.69, 9.17) is 0 Å². The third-order valence-corrected chi connectivity index (χ3v) is 8.31. The fraction of sp³-hybridized carbons (Fsp3) is 0.595. The Morgan fingerprint density at radius 1 is 0.533 bits per heavy atom. The molecule has 0 saturated carbocycles. The molecule has 2 aromatic heterocycles. The van der Waals surface area contributed by atoms with Crippen LogP contribution in [-0.4, -0.2) is 16.3 Å². The molecule has 3 nitrogen and oxygen atoms in total. The second kappa shape index (κ2) is 29.5. The highest BCUT2D eigenvalue weighted by atomic mass is 16.1. The van der Waals surface area contributed by atoms with E-state index in [1.807, 2.05) is 36.9 Å². The van der Waals surface area contributed by atoms with E-state index in [9.17, 15) is 4.79 Å². The van der Waals surface area contributed by atoms with E-state index in [0.717, 1.165) is 82.5 Å². The van der Waals surface area contributed by atoms with Crippen LogP contribution in [0.15, 0.2) is 60.7 Å². The number of allylic oxidation sites excluding steroid dienone is 2. The summed E-state index contributed by atoms with van der Waals surface area (Å²) in [7, 11) is 0. The highest BCUT2D eigenvalue weighted by molar-refractivity contribution is 5.72. The number of carbonyl (C=O) groups is 1. The number of aryl methyl sites for hydroxylation is 2. The molecular weight excluding hydrogens is 548 g/mol. The maximum absolute atomic E-state index is 11.4. The van der Waals surface area contributed by atoms with Gasteiger partial charge in [-0.2, -0.15) is 0 Å². The van der Waals surface area contributed by atoms with Crippen molar-refractivity contribution < 1.29 is 4.79 Å². The zero-order valence-corrected chi connectivity index (χ0v) is 28.3. The zero-order chi connectivity index (χ0) is 31.7. The third kappa shape index (κ3) is 23.8. The van der Waals surface area contributed by atoms with Crippen molar-refractivity contribution in [2.75, 3.05) is 0 Å². The lowest BCUT2D eigenvalue weighted by Gasteiger charge is -2.01. The number of hydrogen-bond donors (Lipinski definition) is 0. The van der Waals surface area contributed by atoms with Crippen molar-refractivity contribution in [3.05, 3.63) is 71.8 Å². The molecule has 0 saturated heterocycles. The van der Waals surface area contributed by atoms with Crippen molar-refractivity contribution in [1.82, 2.24) is 9.97 Å². The predicted molar refractivity (Wildman–Crippen MR) is 192 cm³/mol. The number of nitrogens with zero attached hydrogens (tertiary/aromatic N) is 2. The van der Waals surface area contributed by atoms with Gasteiger partial charge < -0.3 is 0 Å². The van der Waals surface area contributed by atoms with Crippen LogP contribution in [0.2, 0.25) is 0 Å². The van der Waals surface area contributed by atoms with Crippen molar-refractivity contribution >= 4 is 6.29 Å². The number of rotatable bonds is 26. The molecule has 0 spiro atoms. The van der Waals surface area contributed by atoms with Gasteiger partial charge in [0.1, 0.15) is 6.29 Å². The minimum atomic E-state index is 0.892. The molecule has 0 aliphatic rings. The summed E-state index contributed by atoms with van der Waals surface area (Å²) < 4.78 is 0. The van der Waals surface area contributed by atoms with E-state index in [2.05, 4.69) is 51.9 Å². The standard InChI is InChI=1S/C42H60N2O/c45-39-42(32-26-22-18-14-10-6-5-8-12-16-20-24-30-41-34-28-36-44-38-41)31-25-21-17-13-9-4-2-1-3-7-11-15-19-23-29-40-33-27-35-43-37-40/h27-28,31,33-39H,1,3,5-9,11-13,15-26,29-30,32H2/b42-31+. The Kier molecular flexibility index (Phi) is 25.0. The second-order valence-electron chi connectivity index (χ2n) is 12.4. The summed E-state index contributed by atoms with van der Waals surface area (Å²) in [6.45, 7) is 0. The fourth-order valence-corrected chi connectivity index (χ4v) is 5.52. The number of aromatic nitrogens is 2. The molecule has 244 valence electrons. The molecule has 2 heterocycles. The smallest absolute Gasteiger partial charge is 0.145 e. The lowest BCUT2D eigenvalue weighted by atomic mass is 10.0. The number of unbranched alkanes of at least 4 members (excludes halogenated alkanes) is 18. The van der Waals surface area contributed by atoms with E-state index >= 15 is 0 Å². The third-order valence-electron chi connectivity index (χ3n) is 8.31. The summed E-state index contributed by atoms with van der Waals surface area (Å²) in [4.78, 5) is 19.8. The van der Waals surface area contributed by atoms with Crippen LogP contribution in [0.1, 0.15) is 159 Å². The van der Waals surface area contributed by atoms with Crippen molar-refractivity contribution in [3.63, 3.8) is 0 Å². The first-order valence-electron chi connectivity index (χ1n) is 18.2. The molecule has 0 aliphatic heterocycles. The zero-order valence-electron chi connectivity index (χ0n) is 28.3. The average molecular weight is 609 g/mol. The molecule has 0 atom stereocenters. The van der Waals surface area contributed by atoms with E-state index < -0.39 is 0 Å². The first-order valence-corrected chi connectivity index (χ1v) is 18.2. The van der Waals surface area contributed by atoms with Crippen molar-refractivity contribution in [2.24, 2.45) is 0 Å². The topological polar surface area (TPSA) is 42.9 Å². The Balaban J connectivity index is 1.30. The first-order chi connectivity index (χ1) is 22.4. The van der Waals surface area contributed by atoms with Gasteiger partial charge >= 0.3 is 0 Å². The van der Waals surface area contributed by atoms with E-state index in [-0.39, 0.29) is 0 Å². The Labute approximate surface area is 276 Å².